The van der Waals surface area contributed by atoms with E-state index < -0.39 is 0 Å². The van der Waals surface area contributed by atoms with Crippen molar-refractivity contribution in [3.63, 3.8) is 0 Å². The second kappa shape index (κ2) is 8.56. The molecule has 6 nitrogen and oxygen atoms in total. The predicted octanol–water partition coefficient (Wildman–Crippen LogP) is 5.08. The number of aromatic nitrogens is 4. The maximum absolute atomic E-state index is 6.22. The fourth-order valence-corrected chi connectivity index (χ4v) is 4.09. The number of rotatable bonds is 4. The Balaban J connectivity index is 1.41. The van der Waals surface area contributed by atoms with Gasteiger partial charge in [0, 0.05) is 37.8 Å². The van der Waals surface area contributed by atoms with Crippen LogP contribution in [-0.4, -0.2) is 32.1 Å². The molecular weight excluding hydrogens is 591 g/mol. The van der Waals surface area contributed by atoms with Crippen LogP contribution in [0.2, 0.25) is 5.15 Å². The third-order valence-electron chi connectivity index (χ3n) is 4.49. The van der Waals surface area contributed by atoms with Crippen LogP contribution in [-0.2, 0) is 0 Å². The van der Waals surface area contributed by atoms with Crippen molar-refractivity contribution < 1.29 is 4.74 Å². The van der Waals surface area contributed by atoms with Gasteiger partial charge in [-0.1, -0.05) is 11.6 Å². The quantitative estimate of drug-likeness (QED) is 0.330. The number of ether oxygens (including phenoxy) is 1. The van der Waals surface area contributed by atoms with Gasteiger partial charge in [-0.05, 0) is 76.9 Å². The van der Waals surface area contributed by atoms with E-state index in [0.29, 0.717) is 23.0 Å². The summed E-state index contributed by atoms with van der Waals surface area (Å²) in [5, 5.41) is 4.71. The fourth-order valence-electron chi connectivity index (χ4n) is 3.18. The SMILES string of the molecule is Clc1cc2ncc(I)cc2c(OC2CCC(Nc3ncc(I)cn3)CC2)n1. The molecule has 0 aliphatic heterocycles. The van der Waals surface area contributed by atoms with Crippen molar-refractivity contribution in [1.82, 2.24) is 19.9 Å². The minimum Gasteiger partial charge on any atom is -0.474 e. The number of fused-ring (bicyclic) bond motifs is 1. The molecule has 3 aromatic heterocycles. The van der Waals surface area contributed by atoms with E-state index in [1.54, 1.807) is 6.07 Å². The third kappa shape index (κ3) is 4.89. The molecule has 1 N–H and O–H groups in total. The summed E-state index contributed by atoms with van der Waals surface area (Å²) in [5.74, 6) is 1.25. The highest BCUT2D eigenvalue weighted by Crippen LogP contribution is 2.30. The van der Waals surface area contributed by atoms with E-state index in [-0.39, 0.29) is 6.10 Å². The van der Waals surface area contributed by atoms with E-state index in [2.05, 4.69) is 70.4 Å². The van der Waals surface area contributed by atoms with Crippen LogP contribution in [0.3, 0.4) is 0 Å². The van der Waals surface area contributed by atoms with Crippen molar-refractivity contribution in [3.05, 3.63) is 43.0 Å². The van der Waals surface area contributed by atoms with Gasteiger partial charge in [0.25, 0.3) is 0 Å². The summed E-state index contributed by atoms with van der Waals surface area (Å²) in [6, 6.07) is 4.15. The normalized spacial score (nSPS) is 19.8. The Morgan fingerprint density at radius 1 is 0.963 bits per heavy atom. The Morgan fingerprint density at radius 2 is 1.67 bits per heavy atom. The van der Waals surface area contributed by atoms with Crippen molar-refractivity contribution in [2.75, 3.05) is 5.32 Å². The predicted molar refractivity (Wildman–Crippen MR) is 122 cm³/mol. The molecule has 27 heavy (non-hydrogen) atoms. The monoisotopic (exact) mass is 607 g/mol. The van der Waals surface area contributed by atoms with Gasteiger partial charge in [0.05, 0.1) is 10.9 Å². The largest absolute Gasteiger partial charge is 0.474 e. The molecule has 3 heterocycles. The lowest BCUT2D eigenvalue weighted by Crippen LogP contribution is -2.32. The first-order valence-corrected chi connectivity index (χ1v) is 11.1. The number of nitrogens with one attached hydrogen (secondary N) is 1. The molecule has 1 aliphatic rings. The van der Waals surface area contributed by atoms with Crippen molar-refractivity contribution in [1.29, 1.82) is 0 Å². The molecule has 3 aromatic rings. The lowest BCUT2D eigenvalue weighted by Gasteiger charge is -2.29. The van der Waals surface area contributed by atoms with E-state index in [0.717, 1.165) is 43.7 Å². The summed E-state index contributed by atoms with van der Waals surface area (Å²) in [6.07, 6.45) is 9.43. The van der Waals surface area contributed by atoms with Gasteiger partial charge >= 0.3 is 0 Å². The molecule has 0 aromatic carbocycles. The number of halogens is 3. The molecule has 1 aliphatic carbocycles. The van der Waals surface area contributed by atoms with Gasteiger partial charge in [-0.25, -0.2) is 15.0 Å². The highest BCUT2D eigenvalue weighted by Gasteiger charge is 2.24. The topological polar surface area (TPSA) is 72.8 Å². The van der Waals surface area contributed by atoms with Crippen molar-refractivity contribution in [2.24, 2.45) is 0 Å². The maximum atomic E-state index is 6.22. The zero-order valence-corrected chi connectivity index (χ0v) is 19.3. The van der Waals surface area contributed by atoms with Gasteiger partial charge in [-0.2, -0.15) is 0 Å². The Labute approximate surface area is 189 Å². The average molecular weight is 608 g/mol. The first-order valence-electron chi connectivity index (χ1n) is 8.59. The molecule has 0 radical (unpaired) electrons. The molecule has 0 bridgehead atoms. The van der Waals surface area contributed by atoms with Crippen molar-refractivity contribution in [3.8, 4) is 5.88 Å². The van der Waals surface area contributed by atoms with Crippen LogP contribution in [0.25, 0.3) is 10.9 Å². The smallest absolute Gasteiger partial charge is 0.224 e. The van der Waals surface area contributed by atoms with Gasteiger partial charge in [-0.15, -0.1) is 0 Å². The Morgan fingerprint density at radius 3 is 2.41 bits per heavy atom. The second-order valence-electron chi connectivity index (χ2n) is 6.43. The van der Waals surface area contributed by atoms with Crippen LogP contribution in [0, 0.1) is 7.14 Å². The van der Waals surface area contributed by atoms with Crippen LogP contribution in [0.15, 0.2) is 30.7 Å². The van der Waals surface area contributed by atoms with Gasteiger partial charge in [0.2, 0.25) is 11.8 Å². The number of anilines is 1. The zero-order valence-electron chi connectivity index (χ0n) is 14.2. The summed E-state index contributed by atoms with van der Waals surface area (Å²) in [6.45, 7) is 0. The van der Waals surface area contributed by atoms with Crippen LogP contribution in [0.5, 0.6) is 5.88 Å². The first-order chi connectivity index (χ1) is 13.1. The van der Waals surface area contributed by atoms with Gasteiger partial charge in [-0.3, -0.25) is 4.98 Å². The Bertz CT molecular complexity index is 948. The molecule has 0 unspecified atom stereocenters. The van der Waals surface area contributed by atoms with Gasteiger partial charge in [0.15, 0.2) is 0 Å². The molecule has 1 saturated carbocycles. The maximum Gasteiger partial charge on any atom is 0.224 e. The van der Waals surface area contributed by atoms with E-state index in [9.17, 15) is 0 Å². The van der Waals surface area contributed by atoms with Crippen LogP contribution in [0.1, 0.15) is 25.7 Å². The molecule has 140 valence electrons. The summed E-state index contributed by atoms with van der Waals surface area (Å²) in [4.78, 5) is 17.5. The summed E-state index contributed by atoms with van der Waals surface area (Å²) in [7, 11) is 0. The molecule has 1 fully saturated rings. The van der Waals surface area contributed by atoms with E-state index >= 15 is 0 Å². The van der Waals surface area contributed by atoms with Gasteiger partial charge < -0.3 is 10.1 Å². The molecular formula is C18H16ClI2N5O. The molecule has 0 saturated heterocycles. The fraction of sp³-hybridized carbons (Fsp3) is 0.333. The minimum absolute atomic E-state index is 0.118. The number of hydrogen-bond donors (Lipinski definition) is 1. The van der Waals surface area contributed by atoms with Crippen LogP contribution in [0.4, 0.5) is 5.95 Å². The summed E-state index contributed by atoms with van der Waals surface area (Å²) < 4.78 is 8.29. The first kappa shape index (κ1) is 19.3. The zero-order chi connectivity index (χ0) is 18.8. The van der Waals surface area contributed by atoms with E-state index in [4.69, 9.17) is 16.3 Å². The molecule has 4 rings (SSSR count). The number of pyridine rings is 2. The Hall–Kier alpha value is -1.01. The lowest BCUT2D eigenvalue weighted by atomic mass is 9.93. The minimum atomic E-state index is 0.118. The lowest BCUT2D eigenvalue weighted by molar-refractivity contribution is 0.146. The summed E-state index contributed by atoms with van der Waals surface area (Å²) >= 11 is 10.6. The number of nitrogens with zero attached hydrogens (tertiary/aromatic N) is 4. The molecule has 0 amide bonds. The average Bonchev–Trinajstić information content (AvgIpc) is 2.66. The van der Waals surface area contributed by atoms with Crippen molar-refractivity contribution in [2.45, 2.75) is 37.8 Å². The number of hydrogen-bond acceptors (Lipinski definition) is 6. The molecule has 0 spiro atoms. The van der Waals surface area contributed by atoms with Gasteiger partial charge in [0.1, 0.15) is 11.3 Å². The second-order valence-corrected chi connectivity index (χ2v) is 9.31. The molecule has 0 atom stereocenters. The Kier molecular flexibility index (Phi) is 6.12. The van der Waals surface area contributed by atoms with Crippen LogP contribution >= 0.6 is 56.8 Å². The van der Waals surface area contributed by atoms with E-state index in [1.807, 2.05) is 24.7 Å². The van der Waals surface area contributed by atoms with E-state index in [1.165, 1.54) is 0 Å². The van der Waals surface area contributed by atoms with Crippen molar-refractivity contribution >= 4 is 73.6 Å². The van der Waals surface area contributed by atoms with Crippen LogP contribution < -0.4 is 10.1 Å². The molecule has 9 heteroatoms. The highest BCUT2D eigenvalue weighted by atomic mass is 127. The summed E-state index contributed by atoms with van der Waals surface area (Å²) in [5.41, 5.74) is 0.802. The highest BCUT2D eigenvalue weighted by molar-refractivity contribution is 14.1. The third-order valence-corrected chi connectivity index (χ3v) is 5.83. The standard InChI is InChI=1S/C18H16ClI2N5O/c19-16-6-15-14(5-10(20)7-22-15)17(26-16)27-13-3-1-12(2-4-13)25-18-23-8-11(21)9-24-18/h5-9,12-13H,1-4H2,(H,23,24,25).